The van der Waals surface area contributed by atoms with Gasteiger partial charge in [0.2, 0.25) is 5.91 Å². The number of hydrogen-bond acceptors (Lipinski definition) is 4. The first-order valence-electron chi connectivity index (χ1n) is 4.54. The van der Waals surface area contributed by atoms with Gasteiger partial charge in [0.15, 0.2) is 0 Å². The average Bonchev–Trinajstić information content (AvgIpc) is 2.20. The predicted octanol–water partition coefficient (Wildman–Crippen LogP) is 0.376. The third kappa shape index (κ3) is 2.71. The summed E-state index contributed by atoms with van der Waals surface area (Å²) in [7, 11) is 0. The molecule has 0 aliphatic carbocycles. The van der Waals surface area contributed by atoms with Crippen LogP contribution >= 0.6 is 0 Å². The van der Waals surface area contributed by atoms with Crippen LogP contribution < -0.4 is 11.1 Å². The number of carboxylic acids is 1. The molecule has 0 bridgehead atoms. The lowest BCUT2D eigenvalue weighted by molar-refractivity contribution is -0.117. The van der Waals surface area contributed by atoms with Crippen LogP contribution in [-0.4, -0.2) is 28.1 Å². The summed E-state index contributed by atoms with van der Waals surface area (Å²) >= 11 is 0. The molecule has 6 heteroatoms. The van der Waals surface area contributed by atoms with Crippen molar-refractivity contribution in [2.45, 2.75) is 13.0 Å². The summed E-state index contributed by atoms with van der Waals surface area (Å²) in [5.41, 5.74) is 5.25. The van der Waals surface area contributed by atoms with Crippen LogP contribution in [0.25, 0.3) is 0 Å². The van der Waals surface area contributed by atoms with Crippen LogP contribution in [0.3, 0.4) is 0 Å². The van der Waals surface area contributed by atoms with Crippen molar-refractivity contribution in [2.75, 3.05) is 5.32 Å². The highest BCUT2D eigenvalue weighted by atomic mass is 16.4. The second kappa shape index (κ2) is 4.63. The van der Waals surface area contributed by atoms with E-state index in [2.05, 4.69) is 5.32 Å². The molecule has 1 rings (SSSR count). The maximum Gasteiger partial charge on any atom is 0.337 e. The summed E-state index contributed by atoms with van der Waals surface area (Å²) in [6.45, 7) is 1.48. The Balaban J connectivity index is 3.04. The van der Waals surface area contributed by atoms with Gasteiger partial charge < -0.3 is 21.3 Å². The number of rotatable bonds is 3. The maximum atomic E-state index is 11.3. The number of aromatic carboxylic acids is 1. The predicted molar refractivity (Wildman–Crippen MR) is 57.3 cm³/mol. The number of anilines is 1. The van der Waals surface area contributed by atoms with Gasteiger partial charge in [0.1, 0.15) is 5.75 Å². The zero-order valence-corrected chi connectivity index (χ0v) is 8.60. The fraction of sp³-hybridized carbons (Fsp3) is 0.200. The minimum atomic E-state index is -1.24. The molecule has 0 saturated heterocycles. The van der Waals surface area contributed by atoms with Crippen LogP contribution in [0.1, 0.15) is 17.3 Å². The lowest BCUT2D eigenvalue weighted by atomic mass is 10.1. The normalized spacial score (nSPS) is 11.9. The van der Waals surface area contributed by atoms with E-state index in [-0.39, 0.29) is 17.0 Å². The first-order chi connectivity index (χ1) is 7.41. The number of hydrogen-bond donors (Lipinski definition) is 4. The van der Waals surface area contributed by atoms with Crippen molar-refractivity contribution < 1.29 is 19.8 Å². The number of benzene rings is 1. The number of carbonyl (C=O) groups excluding carboxylic acids is 1. The van der Waals surface area contributed by atoms with Crippen molar-refractivity contribution in [1.82, 2.24) is 0 Å². The maximum absolute atomic E-state index is 11.3. The smallest absolute Gasteiger partial charge is 0.337 e. The van der Waals surface area contributed by atoms with E-state index in [1.54, 1.807) is 0 Å². The van der Waals surface area contributed by atoms with E-state index in [9.17, 15) is 9.59 Å². The van der Waals surface area contributed by atoms with E-state index in [0.717, 1.165) is 6.07 Å². The monoisotopic (exact) mass is 224 g/mol. The van der Waals surface area contributed by atoms with E-state index in [1.807, 2.05) is 0 Å². The number of phenolic OH excluding ortho intramolecular Hbond substituents is 1. The van der Waals surface area contributed by atoms with Crippen LogP contribution in [0.4, 0.5) is 5.69 Å². The summed E-state index contributed by atoms with van der Waals surface area (Å²) in [5, 5.41) is 20.3. The Morgan fingerprint density at radius 1 is 1.44 bits per heavy atom. The SMILES string of the molecule is C[C@H](N)C(=O)Nc1ccc(O)cc1C(=O)O. The van der Waals surface area contributed by atoms with Gasteiger partial charge in [-0.15, -0.1) is 0 Å². The zero-order chi connectivity index (χ0) is 12.3. The van der Waals surface area contributed by atoms with Crippen molar-refractivity contribution in [3.8, 4) is 5.75 Å². The topological polar surface area (TPSA) is 113 Å². The Bertz CT molecular complexity index is 429. The summed E-state index contributed by atoms with van der Waals surface area (Å²) in [6.07, 6.45) is 0. The second-order valence-corrected chi connectivity index (χ2v) is 3.31. The molecule has 1 amide bonds. The highest BCUT2D eigenvalue weighted by Crippen LogP contribution is 2.21. The van der Waals surface area contributed by atoms with Gasteiger partial charge in [-0.3, -0.25) is 4.79 Å². The van der Waals surface area contributed by atoms with Gasteiger partial charge in [0, 0.05) is 0 Å². The Morgan fingerprint density at radius 3 is 2.56 bits per heavy atom. The lowest BCUT2D eigenvalue weighted by Gasteiger charge is -2.10. The van der Waals surface area contributed by atoms with Crippen molar-refractivity contribution >= 4 is 17.6 Å². The number of amides is 1. The van der Waals surface area contributed by atoms with Crippen LogP contribution in [0.5, 0.6) is 5.75 Å². The molecule has 0 aliphatic rings. The molecule has 0 heterocycles. The molecular weight excluding hydrogens is 212 g/mol. The Hall–Kier alpha value is -2.08. The van der Waals surface area contributed by atoms with E-state index in [0.29, 0.717) is 0 Å². The van der Waals surface area contributed by atoms with Gasteiger partial charge in [-0.25, -0.2) is 4.79 Å². The minimum absolute atomic E-state index is 0.104. The third-order valence-electron chi connectivity index (χ3n) is 1.90. The second-order valence-electron chi connectivity index (χ2n) is 3.31. The number of carboxylic acid groups (broad SMARTS) is 1. The van der Waals surface area contributed by atoms with E-state index in [4.69, 9.17) is 15.9 Å². The van der Waals surface area contributed by atoms with Gasteiger partial charge in [0.05, 0.1) is 17.3 Å². The Morgan fingerprint density at radius 2 is 2.06 bits per heavy atom. The summed E-state index contributed by atoms with van der Waals surface area (Å²) < 4.78 is 0. The number of phenols is 1. The van der Waals surface area contributed by atoms with Gasteiger partial charge in [0.25, 0.3) is 0 Å². The average molecular weight is 224 g/mol. The molecule has 0 saturated carbocycles. The summed E-state index contributed by atoms with van der Waals surface area (Å²) in [4.78, 5) is 22.1. The van der Waals surface area contributed by atoms with Crippen LogP contribution in [0.15, 0.2) is 18.2 Å². The summed E-state index contributed by atoms with van der Waals surface area (Å²) in [5.74, 6) is -1.92. The molecule has 1 aromatic rings. The molecule has 86 valence electrons. The van der Waals surface area contributed by atoms with Crippen molar-refractivity contribution in [1.29, 1.82) is 0 Å². The van der Waals surface area contributed by atoms with Crippen molar-refractivity contribution in [3.05, 3.63) is 23.8 Å². The Kier molecular flexibility index (Phi) is 3.47. The molecule has 0 aliphatic heterocycles. The Labute approximate surface area is 91.7 Å². The largest absolute Gasteiger partial charge is 0.508 e. The number of carbonyl (C=O) groups is 2. The van der Waals surface area contributed by atoms with Crippen molar-refractivity contribution in [2.24, 2.45) is 5.73 Å². The number of nitrogens with one attached hydrogen (secondary N) is 1. The van der Waals surface area contributed by atoms with Crippen LogP contribution in [-0.2, 0) is 4.79 Å². The molecule has 1 aromatic carbocycles. The first kappa shape index (κ1) is 12.0. The quantitative estimate of drug-likeness (QED) is 0.554. The molecule has 0 radical (unpaired) electrons. The minimum Gasteiger partial charge on any atom is -0.508 e. The molecule has 6 nitrogen and oxygen atoms in total. The van der Waals surface area contributed by atoms with Gasteiger partial charge in [-0.2, -0.15) is 0 Å². The standard InChI is InChI=1S/C10H12N2O4/c1-5(11)9(14)12-8-3-2-6(13)4-7(8)10(15)16/h2-5,13H,11H2,1H3,(H,12,14)(H,15,16)/t5-/m0/s1. The molecular formula is C10H12N2O4. The lowest BCUT2D eigenvalue weighted by Crippen LogP contribution is -2.32. The fourth-order valence-corrected chi connectivity index (χ4v) is 1.06. The molecule has 5 N–H and O–H groups in total. The number of nitrogens with two attached hydrogens (primary N) is 1. The third-order valence-corrected chi connectivity index (χ3v) is 1.90. The van der Waals surface area contributed by atoms with Crippen molar-refractivity contribution in [3.63, 3.8) is 0 Å². The molecule has 16 heavy (non-hydrogen) atoms. The van der Waals surface area contributed by atoms with Crippen LogP contribution in [0.2, 0.25) is 0 Å². The molecule has 0 aromatic heterocycles. The highest BCUT2D eigenvalue weighted by molar-refractivity contribution is 6.02. The summed E-state index contributed by atoms with van der Waals surface area (Å²) in [6, 6.07) is 2.90. The van der Waals surface area contributed by atoms with Gasteiger partial charge in [-0.05, 0) is 25.1 Å². The zero-order valence-electron chi connectivity index (χ0n) is 8.60. The molecule has 0 spiro atoms. The van der Waals surface area contributed by atoms with Crippen LogP contribution in [0, 0.1) is 0 Å². The number of aromatic hydroxyl groups is 1. The van der Waals surface area contributed by atoms with Gasteiger partial charge >= 0.3 is 5.97 Å². The fourth-order valence-electron chi connectivity index (χ4n) is 1.06. The van der Waals surface area contributed by atoms with E-state index in [1.165, 1.54) is 19.1 Å². The van der Waals surface area contributed by atoms with E-state index >= 15 is 0 Å². The first-order valence-corrected chi connectivity index (χ1v) is 4.54. The van der Waals surface area contributed by atoms with Gasteiger partial charge in [-0.1, -0.05) is 0 Å². The molecule has 0 unspecified atom stereocenters. The highest BCUT2D eigenvalue weighted by Gasteiger charge is 2.14. The van der Waals surface area contributed by atoms with E-state index < -0.39 is 17.9 Å². The molecule has 1 atom stereocenters. The molecule has 0 fully saturated rings.